The molecular weight excluding hydrogens is 178 g/mol. The summed E-state index contributed by atoms with van der Waals surface area (Å²) in [6, 6.07) is 0. The van der Waals surface area contributed by atoms with Crippen molar-refractivity contribution in [1.82, 2.24) is 4.90 Å². The number of hydrogen-bond donors (Lipinski definition) is 1. The van der Waals surface area contributed by atoms with Crippen LogP contribution in [0, 0.1) is 5.92 Å². The van der Waals surface area contributed by atoms with Crippen molar-refractivity contribution in [2.45, 2.75) is 46.1 Å². The van der Waals surface area contributed by atoms with Crippen LogP contribution in [0.2, 0.25) is 0 Å². The summed E-state index contributed by atoms with van der Waals surface area (Å²) in [7, 11) is 0. The zero-order valence-corrected chi connectivity index (χ0v) is 9.79. The first-order valence-electron chi connectivity index (χ1n) is 5.24. The smallest absolute Gasteiger partial charge is 0.209 e. The maximum Gasteiger partial charge on any atom is 0.209 e. The Morgan fingerprint density at radius 2 is 1.64 bits per heavy atom. The van der Waals surface area contributed by atoms with Crippen molar-refractivity contribution in [3.8, 4) is 0 Å². The molecule has 0 unspecified atom stereocenters. The van der Waals surface area contributed by atoms with Crippen molar-refractivity contribution in [3.63, 3.8) is 0 Å². The molecule has 0 aromatic heterocycles. The van der Waals surface area contributed by atoms with Crippen LogP contribution in [-0.2, 0) is 4.79 Å². The van der Waals surface area contributed by atoms with Gasteiger partial charge in [-0.3, -0.25) is 4.79 Å². The molecular formula is C11H23NO2. The van der Waals surface area contributed by atoms with Gasteiger partial charge in [-0.15, -0.1) is 0 Å². The SMILES string of the molecule is CC(C)(C)O.CC1CCN(C=O)CC1. The fraction of sp³-hybridized carbons (Fsp3) is 0.909. The van der Waals surface area contributed by atoms with Crippen LogP contribution < -0.4 is 0 Å². The molecule has 1 fully saturated rings. The normalized spacial score (nSPS) is 18.5. The number of hydrogen-bond acceptors (Lipinski definition) is 2. The minimum absolute atomic E-state index is 0.500. The van der Waals surface area contributed by atoms with Gasteiger partial charge >= 0.3 is 0 Å². The highest BCUT2D eigenvalue weighted by Gasteiger charge is 2.12. The largest absolute Gasteiger partial charge is 0.391 e. The molecule has 0 spiro atoms. The van der Waals surface area contributed by atoms with Crippen molar-refractivity contribution in [2.75, 3.05) is 13.1 Å². The standard InChI is InChI=1S/C7H13NO.C4H10O/c1-7-2-4-8(6-9)5-3-7;1-4(2,3)5/h6-7H,2-5H2,1H3;5H,1-3H3. The number of carbonyl (C=O) groups excluding carboxylic acids is 1. The molecule has 84 valence electrons. The second-order valence-corrected chi connectivity index (χ2v) is 4.99. The average Bonchev–Trinajstić information content (AvgIpc) is 2.03. The quantitative estimate of drug-likeness (QED) is 0.655. The number of aliphatic hydroxyl groups is 1. The van der Waals surface area contributed by atoms with E-state index >= 15 is 0 Å². The lowest BCUT2D eigenvalue weighted by Gasteiger charge is -2.26. The Morgan fingerprint density at radius 1 is 1.29 bits per heavy atom. The number of carbonyl (C=O) groups is 1. The molecule has 1 amide bonds. The van der Waals surface area contributed by atoms with Gasteiger partial charge in [-0.25, -0.2) is 0 Å². The van der Waals surface area contributed by atoms with Gasteiger partial charge in [-0.1, -0.05) is 6.92 Å². The van der Waals surface area contributed by atoms with Crippen molar-refractivity contribution in [1.29, 1.82) is 0 Å². The van der Waals surface area contributed by atoms with Crippen LogP contribution in [0.15, 0.2) is 0 Å². The van der Waals surface area contributed by atoms with Crippen molar-refractivity contribution in [2.24, 2.45) is 5.92 Å². The number of piperidine rings is 1. The maximum absolute atomic E-state index is 10.2. The van der Waals surface area contributed by atoms with Crippen LogP contribution in [-0.4, -0.2) is 35.1 Å². The fourth-order valence-corrected chi connectivity index (χ4v) is 1.13. The molecule has 0 saturated carbocycles. The lowest BCUT2D eigenvalue weighted by atomic mass is 10.00. The molecule has 0 aromatic rings. The van der Waals surface area contributed by atoms with E-state index in [-0.39, 0.29) is 0 Å². The van der Waals surface area contributed by atoms with Crippen LogP contribution >= 0.6 is 0 Å². The monoisotopic (exact) mass is 201 g/mol. The Hall–Kier alpha value is -0.570. The number of likely N-dealkylation sites (tertiary alicyclic amines) is 1. The van der Waals surface area contributed by atoms with E-state index in [0.717, 1.165) is 25.4 Å². The average molecular weight is 201 g/mol. The minimum atomic E-state index is -0.500. The van der Waals surface area contributed by atoms with E-state index in [9.17, 15) is 4.79 Å². The summed E-state index contributed by atoms with van der Waals surface area (Å²) in [6.07, 6.45) is 3.31. The summed E-state index contributed by atoms with van der Waals surface area (Å²) in [5, 5.41) is 8.52. The number of rotatable bonds is 1. The molecule has 1 heterocycles. The van der Waals surface area contributed by atoms with Crippen LogP contribution in [0.3, 0.4) is 0 Å². The van der Waals surface area contributed by atoms with Crippen LogP contribution in [0.1, 0.15) is 40.5 Å². The molecule has 1 N–H and O–H groups in total. The molecule has 1 aliphatic rings. The molecule has 1 aliphatic heterocycles. The van der Waals surface area contributed by atoms with Gasteiger partial charge in [0.05, 0.1) is 5.60 Å². The molecule has 0 atom stereocenters. The van der Waals surface area contributed by atoms with Gasteiger partial charge < -0.3 is 10.0 Å². The Balaban J connectivity index is 0.000000292. The summed E-state index contributed by atoms with van der Waals surface area (Å²) in [5.74, 6) is 0.821. The van der Waals surface area contributed by atoms with Gasteiger partial charge in [-0.2, -0.15) is 0 Å². The highest BCUT2D eigenvalue weighted by atomic mass is 16.3. The van der Waals surface area contributed by atoms with Gasteiger partial charge in [0.2, 0.25) is 6.41 Å². The first-order chi connectivity index (χ1) is 6.33. The third kappa shape index (κ3) is 9.52. The zero-order chi connectivity index (χ0) is 11.2. The zero-order valence-electron chi connectivity index (χ0n) is 9.79. The van der Waals surface area contributed by atoms with E-state index in [1.807, 2.05) is 4.90 Å². The molecule has 1 saturated heterocycles. The van der Waals surface area contributed by atoms with Gasteiger partial charge in [0, 0.05) is 13.1 Å². The predicted molar refractivity (Wildman–Crippen MR) is 58.0 cm³/mol. The van der Waals surface area contributed by atoms with Crippen molar-refractivity contribution >= 4 is 6.41 Å². The van der Waals surface area contributed by atoms with E-state index in [1.54, 1.807) is 20.8 Å². The summed E-state index contributed by atoms with van der Waals surface area (Å²) < 4.78 is 0. The Bertz CT molecular complexity index is 149. The van der Waals surface area contributed by atoms with Gasteiger partial charge in [0.25, 0.3) is 0 Å². The Kier molecular flexibility index (Phi) is 5.77. The molecule has 0 aromatic carbocycles. The molecule has 3 heteroatoms. The maximum atomic E-state index is 10.2. The molecule has 0 aliphatic carbocycles. The second-order valence-electron chi connectivity index (χ2n) is 4.99. The first kappa shape index (κ1) is 13.4. The Morgan fingerprint density at radius 3 is 1.93 bits per heavy atom. The third-order valence-corrected chi connectivity index (χ3v) is 1.97. The van der Waals surface area contributed by atoms with E-state index < -0.39 is 5.60 Å². The predicted octanol–water partition coefficient (Wildman–Crippen LogP) is 1.65. The summed E-state index contributed by atoms with van der Waals surface area (Å²) in [4.78, 5) is 12.0. The topological polar surface area (TPSA) is 40.5 Å². The van der Waals surface area contributed by atoms with E-state index in [4.69, 9.17) is 5.11 Å². The molecule has 1 rings (SSSR count). The molecule has 0 radical (unpaired) electrons. The van der Waals surface area contributed by atoms with Crippen molar-refractivity contribution in [3.05, 3.63) is 0 Å². The fourth-order valence-electron chi connectivity index (χ4n) is 1.13. The summed E-state index contributed by atoms with van der Waals surface area (Å²) in [5.41, 5.74) is -0.500. The first-order valence-corrected chi connectivity index (χ1v) is 5.24. The van der Waals surface area contributed by atoms with Gasteiger partial charge in [-0.05, 0) is 39.5 Å². The number of amides is 1. The van der Waals surface area contributed by atoms with Crippen LogP contribution in [0.5, 0.6) is 0 Å². The summed E-state index contributed by atoms with van der Waals surface area (Å²) in [6.45, 7) is 9.39. The van der Waals surface area contributed by atoms with Crippen LogP contribution in [0.4, 0.5) is 0 Å². The Labute approximate surface area is 87.1 Å². The second kappa shape index (κ2) is 6.02. The molecule has 3 nitrogen and oxygen atoms in total. The van der Waals surface area contributed by atoms with Crippen molar-refractivity contribution < 1.29 is 9.90 Å². The van der Waals surface area contributed by atoms with Crippen LogP contribution in [0.25, 0.3) is 0 Å². The lowest BCUT2D eigenvalue weighted by Crippen LogP contribution is -2.31. The third-order valence-electron chi connectivity index (χ3n) is 1.97. The minimum Gasteiger partial charge on any atom is -0.391 e. The summed E-state index contributed by atoms with van der Waals surface area (Å²) >= 11 is 0. The molecule has 14 heavy (non-hydrogen) atoms. The van der Waals surface area contributed by atoms with E-state index in [0.29, 0.717) is 0 Å². The highest BCUT2D eigenvalue weighted by molar-refractivity contribution is 5.46. The lowest BCUT2D eigenvalue weighted by molar-refractivity contribution is -0.119. The van der Waals surface area contributed by atoms with Gasteiger partial charge in [0.15, 0.2) is 0 Å². The molecule has 0 bridgehead atoms. The van der Waals surface area contributed by atoms with E-state index in [2.05, 4.69) is 6.92 Å². The van der Waals surface area contributed by atoms with E-state index in [1.165, 1.54) is 12.8 Å². The number of nitrogens with zero attached hydrogens (tertiary/aromatic N) is 1. The highest BCUT2D eigenvalue weighted by Crippen LogP contribution is 2.13. The van der Waals surface area contributed by atoms with Gasteiger partial charge in [0.1, 0.15) is 0 Å².